The summed E-state index contributed by atoms with van der Waals surface area (Å²) in [6.07, 6.45) is 2.21. The highest BCUT2D eigenvalue weighted by atomic mass is 19.1. The van der Waals surface area contributed by atoms with Crippen molar-refractivity contribution in [3.8, 4) is 5.69 Å². The van der Waals surface area contributed by atoms with E-state index in [0.29, 0.717) is 12.6 Å². The lowest BCUT2D eigenvalue weighted by molar-refractivity contribution is 0.211. The lowest BCUT2D eigenvalue weighted by atomic mass is 10.0. The van der Waals surface area contributed by atoms with E-state index in [4.69, 9.17) is 0 Å². The van der Waals surface area contributed by atoms with E-state index in [-0.39, 0.29) is 5.69 Å². The summed E-state index contributed by atoms with van der Waals surface area (Å²) < 4.78 is 28.9. The van der Waals surface area contributed by atoms with Crippen LogP contribution in [0.1, 0.15) is 36.7 Å². The normalized spacial score (nSPS) is 16.0. The molecule has 0 aliphatic carbocycles. The zero-order valence-electron chi connectivity index (χ0n) is 16.4. The number of aromatic nitrogens is 2. The molecule has 0 saturated carbocycles. The maximum Gasteiger partial charge on any atom is 0.151 e. The van der Waals surface area contributed by atoms with Crippen molar-refractivity contribution >= 4 is 0 Å². The van der Waals surface area contributed by atoms with E-state index in [0.717, 1.165) is 55.5 Å². The van der Waals surface area contributed by atoms with Gasteiger partial charge in [0, 0.05) is 36.5 Å². The lowest BCUT2D eigenvalue weighted by Gasteiger charge is -2.32. The number of hydrogen-bond donors (Lipinski definition) is 1. The van der Waals surface area contributed by atoms with Crippen molar-refractivity contribution in [2.24, 2.45) is 0 Å². The molecule has 6 heteroatoms. The van der Waals surface area contributed by atoms with Gasteiger partial charge in [0.2, 0.25) is 0 Å². The highest BCUT2D eigenvalue weighted by Crippen LogP contribution is 2.21. The zero-order chi connectivity index (χ0) is 19.6. The molecule has 1 saturated heterocycles. The van der Waals surface area contributed by atoms with Gasteiger partial charge in [0.1, 0.15) is 11.5 Å². The summed E-state index contributed by atoms with van der Waals surface area (Å²) in [5.41, 5.74) is 4.29. The van der Waals surface area contributed by atoms with E-state index in [1.807, 2.05) is 13.8 Å². The number of nitrogens with zero attached hydrogens (tertiary/aromatic N) is 3. The van der Waals surface area contributed by atoms with Crippen molar-refractivity contribution in [3.05, 3.63) is 58.9 Å². The number of rotatable bonds is 6. The fourth-order valence-corrected chi connectivity index (χ4v) is 3.74. The number of likely N-dealkylation sites (tertiary alicyclic amines) is 1. The van der Waals surface area contributed by atoms with Gasteiger partial charge in [-0.1, -0.05) is 12.2 Å². The Bertz CT molecular complexity index is 820. The zero-order valence-corrected chi connectivity index (χ0v) is 16.4. The number of benzene rings is 1. The number of hydrogen-bond acceptors (Lipinski definition) is 3. The van der Waals surface area contributed by atoms with Crippen LogP contribution in [-0.2, 0) is 6.54 Å². The summed E-state index contributed by atoms with van der Waals surface area (Å²) >= 11 is 0. The Morgan fingerprint density at radius 1 is 1.26 bits per heavy atom. The van der Waals surface area contributed by atoms with Crippen molar-refractivity contribution in [1.29, 1.82) is 0 Å². The predicted octanol–water partition coefficient (Wildman–Crippen LogP) is 3.90. The smallest absolute Gasteiger partial charge is 0.151 e. The molecule has 1 aromatic carbocycles. The summed E-state index contributed by atoms with van der Waals surface area (Å²) in [5.74, 6) is -1.19. The first-order chi connectivity index (χ1) is 12.8. The van der Waals surface area contributed by atoms with Gasteiger partial charge < -0.3 is 5.32 Å². The van der Waals surface area contributed by atoms with Gasteiger partial charge in [-0.3, -0.25) is 4.90 Å². The van der Waals surface area contributed by atoms with Gasteiger partial charge in [0.25, 0.3) is 0 Å². The van der Waals surface area contributed by atoms with Gasteiger partial charge in [-0.15, -0.1) is 0 Å². The molecule has 1 aliphatic heterocycles. The van der Waals surface area contributed by atoms with Gasteiger partial charge in [0.15, 0.2) is 5.82 Å². The Balaban J connectivity index is 1.65. The van der Waals surface area contributed by atoms with Crippen LogP contribution in [-0.4, -0.2) is 40.4 Å². The summed E-state index contributed by atoms with van der Waals surface area (Å²) in [5, 5.41) is 8.10. The monoisotopic (exact) mass is 374 g/mol. The standard InChI is InChI=1S/C21H28F2N4/c1-14(2)13-26-9-7-18(8-10-26)24-12-19-15(3)25-27(16(19)4)21-6-5-17(22)11-20(21)23/h5-6,11,18,24H,1,7-10,12-13H2,2-4H3. The van der Waals surface area contributed by atoms with Gasteiger partial charge in [-0.25, -0.2) is 13.5 Å². The molecule has 1 aliphatic rings. The molecule has 0 unspecified atom stereocenters. The summed E-state index contributed by atoms with van der Waals surface area (Å²) in [6, 6.07) is 4.04. The fraction of sp³-hybridized carbons (Fsp3) is 0.476. The van der Waals surface area contributed by atoms with E-state index < -0.39 is 11.6 Å². The van der Waals surface area contributed by atoms with E-state index >= 15 is 0 Å². The Labute approximate surface area is 159 Å². The van der Waals surface area contributed by atoms with E-state index in [2.05, 4.69) is 28.8 Å². The molecule has 4 nitrogen and oxygen atoms in total. The van der Waals surface area contributed by atoms with E-state index in [1.165, 1.54) is 17.7 Å². The number of aryl methyl sites for hydroxylation is 1. The molecule has 1 aromatic heterocycles. The fourth-order valence-electron chi connectivity index (χ4n) is 3.74. The first-order valence-corrected chi connectivity index (χ1v) is 9.45. The lowest BCUT2D eigenvalue weighted by Crippen LogP contribution is -2.42. The topological polar surface area (TPSA) is 33.1 Å². The molecule has 27 heavy (non-hydrogen) atoms. The van der Waals surface area contributed by atoms with Crippen LogP contribution in [0.15, 0.2) is 30.4 Å². The third-order valence-electron chi connectivity index (χ3n) is 5.23. The first kappa shape index (κ1) is 19.7. The Hall–Kier alpha value is -2.05. The number of halogens is 2. The molecular formula is C21H28F2N4. The van der Waals surface area contributed by atoms with Crippen molar-refractivity contribution in [2.75, 3.05) is 19.6 Å². The van der Waals surface area contributed by atoms with Crippen LogP contribution in [0.2, 0.25) is 0 Å². The molecule has 0 spiro atoms. The van der Waals surface area contributed by atoms with Crippen molar-refractivity contribution < 1.29 is 8.78 Å². The van der Waals surface area contributed by atoms with Crippen LogP contribution >= 0.6 is 0 Å². The van der Waals surface area contributed by atoms with Crippen LogP contribution < -0.4 is 5.32 Å². The van der Waals surface area contributed by atoms with Crippen LogP contribution in [0.25, 0.3) is 5.69 Å². The van der Waals surface area contributed by atoms with Crippen molar-refractivity contribution in [1.82, 2.24) is 20.0 Å². The molecule has 2 aromatic rings. The van der Waals surface area contributed by atoms with E-state index in [9.17, 15) is 8.78 Å². The average molecular weight is 374 g/mol. The Kier molecular flexibility index (Phi) is 6.07. The van der Waals surface area contributed by atoms with Crippen molar-refractivity contribution in [3.63, 3.8) is 0 Å². The molecule has 0 bridgehead atoms. The molecule has 0 amide bonds. The van der Waals surface area contributed by atoms with E-state index in [1.54, 1.807) is 4.68 Å². The van der Waals surface area contributed by atoms with Crippen molar-refractivity contribution in [2.45, 2.75) is 46.2 Å². The van der Waals surface area contributed by atoms with Crippen LogP contribution in [0.4, 0.5) is 8.78 Å². The van der Waals surface area contributed by atoms with Crippen LogP contribution in [0, 0.1) is 25.5 Å². The van der Waals surface area contributed by atoms with Gasteiger partial charge in [-0.05, 0) is 58.8 Å². The maximum absolute atomic E-state index is 14.1. The Morgan fingerprint density at radius 3 is 2.59 bits per heavy atom. The van der Waals surface area contributed by atoms with Gasteiger partial charge in [0.05, 0.1) is 5.69 Å². The highest BCUT2D eigenvalue weighted by Gasteiger charge is 2.20. The highest BCUT2D eigenvalue weighted by molar-refractivity contribution is 5.38. The maximum atomic E-state index is 14.1. The number of nitrogens with one attached hydrogen (secondary N) is 1. The third kappa shape index (κ3) is 4.62. The molecule has 2 heterocycles. The van der Waals surface area contributed by atoms with Gasteiger partial charge in [-0.2, -0.15) is 5.10 Å². The second-order valence-electron chi connectivity index (χ2n) is 7.55. The average Bonchev–Trinajstić information content (AvgIpc) is 2.88. The molecular weight excluding hydrogens is 346 g/mol. The van der Waals surface area contributed by atoms with Crippen LogP contribution in [0.3, 0.4) is 0 Å². The van der Waals surface area contributed by atoms with Crippen LogP contribution in [0.5, 0.6) is 0 Å². The predicted molar refractivity (Wildman–Crippen MR) is 104 cm³/mol. The SMILES string of the molecule is C=C(C)CN1CCC(NCc2c(C)nn(-c3ccc(F)cc3F)c2C)CC1. The summed E-state index contributed by atoms with van der Waals surface area (Å²) in [4.78, 5) is 2.44. The first-order valence-electron chi connectivity index (χ1n) is 9.45. The molecule has 1 N–H and O–H groups in total. The minimum absolute atomic E-state index is 0.274. The second-order valence-corrected chi connectivity index (χ2v) is 7.55. The Morgan fingerprint density at radius 2 is 1.96 bits per heavy atom. The second kappa shape index (κ2) is 8.31. The summed E-state index contributed by atoms with van der Waals surface area (Å²) in [6.45, 7) is 13.7. The minimum Gasteiger partial charge on any atom is -0.310 e. The number of piperidine rings is 1. The molecule has 1 fully saturated rings. The molecule has 0 atom stereocenters. The minimum atomic E-state index is -0.606. The van der Waals surface area contributed by atoms with Gasteiger partial charge >= 0.3 is 0 Å². The quantitative estimate of drug-likeness (QED) is 0.779. The summed E-state index contributed by atoms with van der Waals surface area (Å²) in [7, 11) is 0. The largest absolute Gasteiger partial charge is 0.310 e. The molecule has 0 radical (unpaired) electrons. The molecule has 3 rings (SSSR count). The third-order valence-corrected chi connectivity index (χ3v) is 5.23. The molecule has 146 valence electrons.